The first-order valence-corrected chi connectivity index (χ1v) is 14.8. The Balaban J connectivity index is 1.33. The number of azo groups is 2. The first-order valence-electron chi connectivity index (χ1n) is 14.8. The first kappa shape index (κ1) is 32.5. The predicted molar refractivity (Wildman–Crippen MR) is 174 cm³/mol. The van der Waals surface area contributed by atoms with Crippen molar-refractivity contribution in [2.75, 3.05) is 34.4 Å². The maximum absolute atomic E-state index is 11.6. The number of rotatable bonds is 14. The zero-order valence-corrected chi connectivity index (χ0v) is 26.7. The van der Waals surface area contributed by atoms with Gasteiger partial charge in [-0.25, -0.2) is 18.3 Å². The monoisotopic (exact) mass is 614 g/mol. The molecule has 0 saturated heterocycles. The molecule has 4 rings (SSSR count). The van der Waals surface area contributed by atoms with E-state index in [1.807, 2.05) is 108 Å². The number of aromatic nitrogens is 4. The van der Waals surface area contributed by atoms with Crippen molar-refractivity contribution in [2.45, 2.75) is 33.1 Å². The normalized spacial score (nSPS) is 11.3. The Morgan fingerprint density at radius 3 is 1.44 bits per heavy atom. The van der Waals surface area contributed by atoms with Crippen LogP contribution in [0.5, 0.6) is 0 Å². The molecule has 0 fully saturated rings. The van der Waals surface area contributed by atoms with E-state index in [0.29, 0.717) is 34.6 Å². The third-order valence-electron chi connectivity index (χ3n) is 6.90. The number of nitrogens with zero attached hydrogens (tertiary/aromatic N) is 8. The van der Waals surface area contributed by atoms with Crippen molar-refractivity contribution in [3.8, 4) is 0 Å². The third-order valence-corrected chi connectivity index (χ3v) is 6.90. The van der Waals surface area contributed by atoms with Crippen LogP contribution < -0.4 is 30.4 Å². The van der Waals surface area contributed by atoms with Gasteiger partial charge in [0.2, 0.25) is 11.8 Å². The van der Waals surface area contributed by atoms with Gasteiger partial charge in [-0.1, -0.05) is 10.2 Å². The third kappa shape index (κ3) is 9.29. The van der Waals surface area contributed by atoms with Gasteiger partial charge in [-0.3, -0.25) is 9.59 Å². The molecule has 0 unspecified atom stereocenters. The molecule has 236 valence electrons. The number of carbonyl (C=O) groups excluding carboxylic acids is 2. The van der Waals surface area contributed by atoms with Crippen LogP contribution in [0.15, 0.2) is 81.6 Å². The fourth-order valence-electron chi connectivity index (χ4n) is 4.61. The topological polar surface area (TPSA) is 149 Å². The van der Waals surface area contributed by atoms with Gasteiger partial charge in [0.05, 0.1) is 64.4 Å². The molecule has 2 aromatic heterocycles. The number of benzene rings is 2. The van der Waals surface area contributed by atoms with E-state index in [-0.39, 0.29) is 11.8 Å². The molecule has 0 bridgehead atoms. The second-order valence-electron chi connectivity index (χ2n) is 10.8. The molecule has 0 atom stereocenters. The molecule has 0 spiro atoms. The highest BCUT2D eigenvalue weighted by atomic mass is 16.2. The molecule has 14 heteroatoms. The van der Waals surface area contributed by atoms with Crippen LogP contribution >= 0.6 is 0 Å². The van der Waals surface area contributed by atoms with Crippen LogP contribution in [-0.4, -0.2) is 34.0 Å². The number of nitrogens with one attached hydrogen (secondary N) is 4. The van der Waals surface area contributed by atoms with Crippen molar-refractivity contribution >= 4 is 57.8 Å². The van der Waals surface area contributed by atoms with Crippen molar-refractivity contribution in [1.82, 2.24) is 9.13 Å². The summed E-state index contributed by atoms with van der Waals surface area (Å²) in [5.74, 6) is 1.10. The van der Waals surface area contributed by atoms with Crippen molar-refractivity contribution in [1.29, 1.82) is 0 Å². The molecular formula is C31H42N12O2+2. The quantitative estimate of drug-likeness (QED) is 0.0848. The van der Waals surface area contributed by atoms with E-state index >= 15 is 0 Å². The number of unbranched alkanes of at least 4 members (excludes halogenated alkanes) is 2. The van der Waals surface area contributed by atoms with E-state index in [2.05, 4.69) is 41.7 Å². The molecule has 4 N–H and O–H groups in total. The summed E-state index contributed by atoms with van der Waals surface area (Å²) >= 11 is 0. The van der Waals surface area contributed by atoms with E-state index in [9.17, 15) is 9.59 Å². The molecular weight excluding hydrogens is 572 g/mol. The summed E-state index contributed by atoms with van der Waals surface area (Å²) in [4.78, 5) is 23.2. The summed E-state index contributed by atoms with van der Waals surface area (Å²) in [7, 11) is 7.64. The van der Waals surface area contributed by atoms with Gasteiger partial charge < -0.3 is 21.3 Å². The van der Waals surface area contributed by atoms with Gasteiger partial charge >= 0.3 is 11.9 Å². The van der Waals surface area contributed by atoms with Gasteiger partial charge in [0.1, 0.15) is 11.4 Å². The highest BCUT2D eigenvalue weighted by molar-refractivity contribution is 5.90. The Bertz CT molecular complexity index is 1540. The number of aryl methyl sites for hydroxylation is 4. The van der Waals surface area contributed by atoms with Crippen LogP contribution in [-0.2, 0) is 37.8 Å². The lowest BCUT2D eigenvalue weighted by atomic mass is 10.2. The summed E-state index contributed by atoms with van der Waals surface area (Å²) in [5, 5.41) is 30.4. The van der Waals surface area contributed by atoms with Crippen LogP contribution in [0.1, 0.15) is 33.1 Å². The van der Waals surface area contributed by atoms with Crippen molar-refractivity contribution in [3.05, 3.63) is 61.2 Å². The fraction of sp³-hybridized carbons (Fsp3) is 0.355. The first-order chi connectivity index (χ1) is 21.6. The minimum atomic E-state index is -0.148. The molecule has 0 saturated carbocycles. The van der Waals surface area contributed by atoms with Gasteiger partial charge in [0.15, 0.2) is 0 Å². The van der Waals surface area contributed by atoms with E-state index in [1.165, 1.54) is 13.8 Å². The molecule has 0 aliphatic rings. The number of hydrogen-bond acceptors (Lipinski definition) is 8. The van der Waals surface area contributed by atoms with Gasteiger partial charge in [-0.2, -0.15) is 0 Å². The van der Waals surface area contributed by atoms with Crippen molar-refractivity contribution in [2.24, 2.45) is 48.6 Å². The average molecular weight is 615 g/mol. The molecule has 0 aliphatic carbocycles. The van der Waals surface area contributed by atoms with E-state index < -0.39 is 0 Å². The Labute approximate surface area is 262 Å². The number of anilines is 4. The fourth-order valence-corrected chi connectivity index (χ4v) is 4.61. The molecule has 0 aliphatic heterocycles. The average Bonchev–Trinajstić information content (AvgIpc) is 3.49. The van der Waals surface area contributed by atoms with Crippen molar-refractivity contribution in [3.63, 3.8) is 0 Å². The Morgan fingerprint density at radius 1 is 0.667 bits per heavy atom. The number of carbonyl (C=O) groups is 2. The Kier molecular flexibility index (Phi) is 11.1. The number of imidazole rings is 2. The smallest absolute Gasteiger partial charge is 0.383 e. The second-order valence-corrected chi connectivity index (χ2v) is 10.8. The molecule has 2 amide bonds. The molecule has 0 radical (unpaired) electrons. The highest BCUT2D eigenvalue weighted by Gasteiger charge is 2.14. The van der Waals surface area contributed by atoms with Crippen LogP contribution in [0.4, 0.5) is 46.0 Å². The summed E-state index contributed by atoms with van der Waals surface area (Å²) < 4.78 is 7.53. The van der Waals surface area contributed by atoms with Gasteiger partial charge in [0.25, 0.3) is 0 Å². The number of hydrogen-bond donors (Lipinski definition) is 4. The SMILES string of the molecule is CC(=O)Nc1ccc(NCCCCCNc2ccc(NC(C)=O)cc2N=Nc2n(C)cc[n+]2C)c(N=Nc2n(C)cc[n+]2C)c1. The summed E-state index contributed by atoms with van der Waals surface area (Å²) in [6.07, 6.45) is 10.5. The standard InChI is InChI=1S/C31H40N12O2/c1-22(44)34-24-10-12-26(28(20-24)36-38-30-40(3)16-17-41(30)4)32-14-8-7-9-15-33-27-13-11-25(35-23(2)45)21-29(27)37-39-31-42(5)18-19-43(31)6/h10-13,16-21H,7-9,14-15H2,1-6H3,(H2,34,35,36,37,44,45)/p+2. The summed E-state index contributed by atoms with van der Waals surface area (Å²) in [6.45, 7) is 4.45. The minimum absolute atomic E-state index is 0.148. The van der Waals surface area contributed by atoms with Crippen LogP contribution in [0.25, 0.3) is 0 Å². The zero-order chi connectivity index (χ0) is 32.3. The van der Waals surface area contributed by atoms with Crippen LogP contribution in [0.3, 0.4) is 0 Å². The Hall–Kier alpha value is -5.40. The predicted octanol–water partition coefficient (Wildman–Crippen LogP) is 5.45. The largest absolute Gasteiger partial charge is 0.421 e. The maximum Gasteiger partial charge on any atom is 0.421 e. The molecule has 2 aromatic carbocycles. The molecule has 14 nitrogen and oxygen atoms in total. The molecule has 2 heterocycles. The summed E-state index contributed by atoms with van der Waals surface area (Å²) in [6, 6.07) is 11.1. The second kappa shape index (κ2) is 15.4. The minimum Gasteiger partial charge on any atom is -0.383 e. The lowest BCUT2D eigenvalue weighted by molar-refractivity contribution is -0.657. The van der Waals surface area contributed by atoms with Gasteiger partial charge in [-0.15, -0.1) is 0 Å². The van der Waals surface area contributed by atoms with Gasteiger partial charge in [0, 0.05) is 48.5 Å². The lowest BCUT2D eigenvalue weighted by Crippen LogP contribution is -2.25. The van der Waals surface area contributed by atoms with Crippen LogP contribution in [0.2, 0.25) is 0 Å². The molecule has 4 aromatic rings. The summed E-state index contributed by atoms with van der Waals surface area (Å²) in [5.41, 5.74) is 4.26. The highest BCUT2D eigenvalue weighted by Crippen LogP contribution is 2.31. The lowest BCUT2D eigenvalue weighted by Gasteiger charge is -2.12. The number of amides is 2. The van der Waals surface area contributed by atoms with E-state index in [0.717, 1.165) is 43.7 Å². The zero-order valence-electron chi connectivity index (χ0n) is 26.7. The van der Waals surface area contributed by atoms with E-state index in [1.54, 1.807) is 0 Å². The Morgan fingerprint density at radius 2 is 1.09 bits per heavy atom. The van der Waals surface area contributed by atoms with Crippen LogP contribution in [0, 0.1) is 0 Å². The van der Waals surface area contributed by atoms with E-state index in [4.69, 9.17) is 0 Å². The van der Waals surface area contributed by atoms with Crippen molar-refractivity contribution < 1.29 is 18.7 Å². The maximum atomic E-state index is 11.6. The molecule has 45 heavy (non-hydrogen) atoms. The van der Waals surface area contributed by atoms with Gasteiger partial charge in [-0.05, 0) is 55.7 Å².